The molecule has 2 aromatic rings. The molecule has 4 rings (SSSR count). The molecule has 0 aliphatic heterocycles. The minimum absolute atomic E-state index is 0.139. The molecule has 0 unspecified atom stereocenters. The summed E-state index contributed by atoms with van der Waals surface area (Å²) in [6, 6.07) is 10.7. The largest absolute Gasteiger partial charge is 0.345 e. The van der Waals surface area contributed by atoms with Gasteiger partial charge in [0.25, 0.3) is 11.8 Å². The average molecular weight is 350 g/mol. The number of pyridine rings is 2. The molecule has 0 aromatic carbocycles. The molecule has 134 valence electrons. The molecule has 2 saturated carbocycles. The lowest BCUT2D eigenvalue weighted by atomic mass is 9.78. The maximum atomic E-state index is 12.6. The molecular weight excluding hydrogens is 328 g/mol. The Bertz CT molecular complexity index is 744. The molecule has 26 heavy (non-hydrogen) atoms. The number of amides is 2. The van der Waals surface area contributed by atoms with E-state index in [4.69, 9.17) is 0 Å². The monoisotopic (exact) mass is 350 g/mol. The Morgan fingerprint density at radius 1 is 0.769 bits per heavy atom. The quantitative estimate of drug-likeness (QED) is 0.887. The molecule has 2 amide bonds. The molecule has 2 atom stereocenters. The minimum Gasteiger partial charge on any atom is -0.345 e. The number of carbonyl (C=O) groups is 2. The SMILES string of the molecule is O=C(N[C@]12CCC[C@@](NC(=O)c3ccccn3)(CC1)C2)c1ccccn1. The van der Waals surface area contributed by atoms with Crippen molar-refractivity contribution in [3.8, 4) is 0 Å². The van der Waals surface area contributed by atoms with Gasteiger partial charge in [0.1, 0.15) is 11.4 Å². The third-order valence-electron chi connectivity index (χ3n) is 5.62. The van der Waals surface area contributed by atoms with Crippen LogP contribution in [0.2, 0.25) is 0 Å². The number of rotatable bonds is 4. The normalized spacial score (nSPS) is 26.9. The maximum absolute atomic E-state index is 12.6. The van der Waals surface area contributed by atoms with Crippen molar-refractivity contribution in [1.82, 2.24) is 20.6 Å². The summed E-state index contributed by atoms with van der Waals surface area (Å²) >= 11 is 0. The summed E-state index contributed by atoms with van der Waals surface area (Å²) in [5.41, 5.74) is 0.346. The molecule has 0 saturated heterocycles. The number of nitrogens with one attached hydrogen (secondary N) is 2. The van der Waals surface area contributed by atoms with Crippen LogP contribution < -0.4 is 10.6 Å². The molecule has 2 bridgehead atoms. The van der Waals surface area contributed by atoms with Crippen molar-refractivity contribution in [2.75, 3.05) is 0 Å². The van der Waals surface area contributed by atoms with Gasteiger partial charge in [0, 0.05) is 23.5 Å². The lowest BCUT2D eigenvalue weighted by molar-refractivity contribution is 0.0827. The molecule has 2 aliphatic carbocycles. The third kappa shape index (κ3) is 3.19. The number of hydrogen-bond acceptors (Lipinski definition) is 4. The van der Waals surface area contributed by atoms with Gasteiger partial charge in [-0.05, 0) is 62.8 Å². The molecule has 6 nitrogen and oxygen atoms in total. The smallest absolute Gasteiger partial charge is 0.270 e. The van der Waals surface area contributed by atoms with Crippen LogP contribution in [0.3, 0.4) is 0 Å². The van der Waals surface area contributed by atoms with Crippen molar-refractivity contribution in [2.24, 2.45) is 0 Å². The predicted octanol–water partition coefficient (Wildman–Crippen LogP) is 2.48. The first-order valence-corrected chi connectivity index (χ1v) is 9.07. The van der Waals surface area contributed by atoms with Crippen molar-refractivity contribution in [2.45, 2.75) is 49.6 Å². The Morgan fingerprint density at radius 2 is 1.27 bits per heavy atom. The Hall–Kier alpha value is -2.76. The van der Waals surface area contributed by atoms with Gasteiger partial charge < -0.3 is 10.6 Å². The van der Waals surface area contributed by atoms with Crippen LogP contribution in [0.25, 0.3) is 0 Å². The number of hydrogen-bond donors (Lipinski definition) is 2. The standard InChI is InChI=1S/C20H22N4O2/c25-17(15-6-1-3-12-21-15)23-19-8-5-9-20(14-19,11-10-19)24-18(26)16-7-2-4-13-22-16/h1-4,6-7,12-13H,5,8-11,14H2,(H,23,25)(H,24,26)/t19-,20-/m1/s1. The fourth-order valence-electron chi connectivity index (χ4n) is 4.44. The highest BCUT2D eigenvalue weighted by atomic mass is 16.2. The van der Waals surface area contributed by atoms with Crippen LogP contribution in [0, 0.1) is 0 Å². The summed E-state index contributed by atoms with van der Waals surface area (Å²) in [4.78, 5) is 33.4. The Labute approximate surface area is 152 Å². The van der Waals surface area contributed by atoms with E-state index in [0.717, 1.165) is 38.5 Å². The summed E-state index contributed by atoms with van der Waals surface area (Å²) in [5, 5.41) is 6.42. The molecule has 2 heterocycles. The Morgan fingerprint density at radius 3 is 1.69 bits per heavy atom. The van der Waals surface area contributed by atoms with Gasteiger partial charge >= 0.3 is 0 Å². The van der Waals surface area contributed by atoms with E-state index in [1.165, 1.54) is 0 Å². The highest BCUT2D eigenvalue weighted by Crippen LogP contribution is 2.48. The van der Waals surface area contributed by atoms with Gasteiger partial charge in [-0.2, -0.15) is 0 Å². The summed E-state index contributed by atoms with van der Waals surface area (Å²) in [5.74, 6) is -0.279. The first kappa shape index (κ1) is 16.7. The molecular formula is C20H22N4O2. The van der Waals surface area contributed by atoms with E-state index in [0.29, 0.717) is 11.4 Å². The second kappa shape index (κ2) is 6.52. The number of fused-ring (bicyclic) bond motifs is 2. The van der Waals surface area contributed by atoms with E-state index >= 15 is 0 Å². The summed E-state index contributed by atoms with van der Waals surface area (Å²) < 4.78 is 0. The van der Waals surface area contributed by atoms with Crippen LogP contribution in [-0.4, -0.2) is 32.9 Å². The first-order chi connectivity index (χ1) is 12.6. The summed E-state index contributed by atoms with van der Waals surface area (Å²) in [6.45, 7) is 0. The topological polar surface area (TPSA) is 84.0 Å². The van der Waals surface area contributed by atoms with Crippen molar-refractivity contribution >= 4 is 11.8 Å². The zero-order valence-electron chi connectivity index (χ0n) is 14.6. The Balaban J connectivity index is 1.47. The van der Waals surface area contributed by atoms with Crippen molar-refractivity contribution in [1.29, 1.82) is 0 Å². The summed E-state index contributed by atoms with van der Waals surface area (Å²) in [6.07, 6.45) is 8.60. The van der Waals surface area contributed by atoms with Crippen LogP contribution in [0.1, 0.15) is 59.5 Å². The van der Waals surface area contributed by atoms with Gasteiger partial charge in [0.2, 0.25) is 0 Å². The van der Waals surface area contributed by atoms with Crippen LogP contribution in [-0.2, 0) is 0 Å². The van der Waals surface area contributed by atoms with Crippen molar-refractivity contribution in [3.63, 3.8) is 0 Å². The van der Waals surface area contributed by atoms with E-state index in [9.17, 15) is 9.59 Å². The maximum Gasteiger partial charge on any atom is 0.270 e. The van der Waals surface area contributed by atoms with Gasteiger partial charge in [0.05, 0.1) is 0 Å². The van der Waals surface area contributed by atoms with Crippen LogP contribution in [0.15, 0.2) is 48.8 Å². The summed E-state index contributed by atoms with van der Waals surface area (Å²) in [7, 11) is 0. The molecule has 0 spiro atoms. The van der Waals surface area contributed by atoms with Crippen LogP contribution in [0.5, 0.6) is 0 Å². The highest BCUT2D eigenvalue weighted by Gasteiger charge is 2.52. The van der Waals surface area contributed by atoms with Crippen LogP contribution >= 0.6 is 0 Å². The minimum atomic E-state index is -0.260. The average Bonchev–Trinajstić information content (AvgIpc) is 2.92. The number of nitrogens with zero attached hydrogens (tertiary/aromatic N) is 2. The zero-order valence-corrected chi connectivity index (χ0v) is 14.6. The van der Waals surface area contributed by atoms with Crippen molar-refractivity contribution < 1.29 is 9.59 Å². The molecule has 2 N–H and O–H groups in total. The second-order valence-corrected chi connectivity index (χ2v) is 7.43. The fraction of sp³-hybridized carbons (Fsp3) is 0.400. The third-order valence-corrected chi connectivity index (χ3v) is 5.62. The first-order valence-electron chi connectivity index (χ1n) is 9.07. The van der Waals surface area contributed by atoms with E-state index in [-0.39, 0.29) is 22.9 Å². The number of carbonyl (C=O) groups excluding carboxylic acids is 2. The molecule has 6 heteroatoms. The molecule has 2 fully saturated rings. The second-order valence-electron chi connectivity index (χ2n) is 7.43. The lowest BCUT2D eigenvalue weighted by Gasteiger charge is -2.40. The lowest BCUT2D eigenvalue weighted by Crippen LogP contribution is -2.55. The van der Waals surface area contributed by atoms with E-state index in [1.807, 2.05) is 12.1 Å². The van der Waals surface area contributed by atoms with E-state index < -0.39 is 0 Å². The molecule has 2 aromatic heterocycles. The van der Waals surface area contributed by atoms with Gasteiger partial charge in [0.15, 0.2) is 0 Å². The number of aromatic nitrogens is 2. The van der Waals surface area contributed by atoms with E-state index in [2.05, 4.69) is 20.6 Å². The zero-order chi connectivity index (χ0) is 18.0. The van der Waals surface area contributed by atoms with Gasteiger partial charge in [-0.25, -0.2) is 0 Å². The molecule has 0 radical (unpaired) electrons. The molecule has 2 aliphatic rings. The van der Waals surface area contributed by atoms with Gasteiger partial charge in [-0.1, -0.05) is 12.1 Å². The predicted molar refractivity (Wildman–Crippen MR) is 96.6 cm³/mol. The van der Waals surface area contributed by atoms with Gasteiger partial charge in [-0.15, -0.1) is 0 Å². The van der Waals surface area contributed by atoms with E-state index in [1.54, 1.807) is 36.7 Å². The fourth-order valence-corrected chi connectivity index (χ4v) is 4.44. The van der Waals surface area contributed by atoms with Gasteiger partial charge in [-0.3, -0.25) is 19.6 Å². The van der Waals surface area contributed by atoms with Crippen molar-refractivity contribution in [3.05, 3.63) is 60.2 Å². The van der Waals surface area contributed by atoms with Crippen LogP contribution in [0.4, 0.5) is 0 Å². The highest BCUT2D eigenvalue weighted by molar-refractivity contribution is 5.93. The Kier molecular flexibility index (Phi) is 4.18.